The zero-order chi connectivity index (χ0) is 18.4. The van der Waals surface area contributed by atoms with Gasteiger partial charge in [0.15, 0.2) is 5.76 Å². The van der Waals surface area contributed by atoms with Crippen molar-refractivity contribution in [2.75, 3.05) is 22.5 Å². The van der Waals surface area contributed by atoms with Crippen molar-refractivity contribution in [1.82, 2.24) is 0 Å². The molecule has 1 aromatic heterocycles. The highest BCUT2D eigenvalue weighted by atomic mass is 127. The molecule has 0 bridgehead atoms. The van der Waals surface area contributed by atoms with Crippen LogP contribution in [0, 0.1) is 3.57 Å². The third-order valence-electron chi connectivity index (χ3n) is 3.45. The van der Waals surface area contributed by atoms with E-state index in [-0.39, 0.29) is 24.1 Å². The summed E-state index contributed by atoms with van der Waals surface area (Å²) in [5, 5.41) is 8.60. The van der Waals surface area contributed by atoms with Crippen LogP contribution in [0.15, 0.2) is 71.3 Å². The Morgan fingerprint density at radius 3 is 2.38 bits per heavy atom. The molecule has 0 fully saturated rings. The lowest BCUT2D eigenvalue weighted by Gasteiger charge is -2.10. The van der Waals surface area contributed by atoms with Gasteiger partial charge in [-0.05, 0) is 77.2 Å². The van der Waals surface area contributed by atoms with E-state index in [0.717, 1.165) is 14.9 Å². The number of amides is 2. The first-order valence-corrected chi connectivity index (χ1v) is 8.92. The van der Waals surface area contributed by atoms with Gasteiger partial charge in [-0.1, -0.05) is 6.07 Å². The van der Waals surface area contributed by atoms with E-state index < -0.39 is 0 Å². The van der Waals surface area contributed by atoms with Crippen molar-refractivity contribution >= 4 is 51.5 Å². The second kappa shape index (κ2) is 8.52. The smallest absolute Gasteiger partial charge is 0.291 e. The number of benzene rings is 2. The van der Waals surface area contributed by atoms with Crippen molar-refractivity contribution in [1.29, 1.82) is 0 Å². The molecule has 26 heavy (non-hydrogen) atoms. The topological polar surface area (TPSA) is 83.4 Å². The Balaban J connectivity index is 1.54. The number of nitrogens with one attached hydrogen (secondary N) is 3. The molecule has 2 aromatic carbocycles. The van der Waals surface area contributed by atoms with Gasteiger partial charge < -0.3 is 20.4 Å². The van der Waals surface area contributed by atoms with Gasteiger partial charge in [0.25, 0.3) is 5.91 Å². The van der Waals surface area contributed by atoms with E-state index in [1.807, 2.05) is 30.3 Å². The Bertz CT molecular complexity index is 893. The minimum Gasteiger partial charge on any atom is -0.459 e. The molecule has 3 rings (SSSR count). The maximum atomic E-state index is 12.0. The van der Waals surface area contributed by atoms with Crippen molar-refractivity contribution < 1.29 is 14.0 Å². The minimum absolute atomic E-state index is 0.113. The molecule has 7 heteroatoms. The van der Waals surface area contributed by atoms with Crippen LogP contribution in [-0.2, 0) is 4.79 Å². The summed E-state index contributed by atoms with van der Waals surface area (Å²) in [6.07, 6.45) is 1.44. The second-order valence-electron chi connectivity index (χ2n) is 5.42. The molecule has 0 radical (unpaired) electrons. The third kappa shape index (κ3) is 5.09. The van der Waals surface area contributed by atoms with Gasteiger partial charge in [-0.15, -0.1) is 0 Å². The molecule has 0 aliphatic rings. The van der Waals surface area contributed by atoms with Gasteiger partial charge in [0.1, 0.15) is 0 Å². The molecule has 3 aromatic rings. The molecule has 0 aliphatic carbocycles. The number of anilines is 3. The molecular formula is C19H16IN3O3. The van der Waals surface area contributed by atoms with Crippen LogP contribution in [0.4, 0.5) is 17.1 Å². The summed E-state index contributed by atoms with van der Waals surface area (Å²) in [7, 11) is 0. The van der Waals surface area contributed by atoms with Crippen molar-refractivity contribution in [3.8, 4) is 0 Å². The van der Waals surface area contributed by atoms with Gasteiger partial charge in [-0.25, -0.2) is 0 Å². The summed E-state index contributed by atoms with van der Waals surface area (Å²) in [5.41, 5.74) is 2.08. The number of furan rings is 1. The molecule has 3 N–H and O–H groups in total. The van der Waals surface area contributed by atoms with Crippen LogP contribution in [0.1, 0.15) is 10.6 Å². The van der Waals surface area contributed by atoms with Crippen LogP contribution in [0.25, 0.3) is 0 Å². The Hall–Kier alpha value is -2.81. The van der Waals surface area contributed by atoms with Crippen molar-refractivity contribution in [2.24, 2.45) is 0 Å². The zero-order valence-electron chi connectivity index (χ0n) is 13.7. The SMILES string of the molecule is O=C(CNc1cccc(NC(=O)c2ccco2)c1)Nc1ccc(I)cc1. The number of carbonyl (C=O) groups is 2. The summed E-state index contributed by atoms with van der Waals surface area (Å²) in [6, 6.07) is 17.9. The summed E-state index contributed by atoms with van der Waals surface area (Å²) in [5.74, 6) is -0.250. The van der Waals surface area contributed by atoms with Crippen LogP contribution in [0.2, 0.25) is 0 Å². The number of halogens is 1. The second-order valence-corrected chi connectivity index (χ2v) is 6.67. The van der Waals surface area contributed by atoms with Gasteiger partial charge in [0, 0.05) is 20.6 Å². The van der Waals surface area contributed by atoms with Crippen molar-refractivity contribution in [2.45, 2.75) is 0 Å². The molecule has 132 valence electrons. The highest BCUT2D eigenvalue weighted by Crippen LogP contribution is 2.16. The van der Waals surface area contributed by atoms with Gasteiger partial charge in [0.2, 0.25) is 5.91 Å². The van der Waals surface area contributed by atoms with Crippen LogP contribution < -0.4 is 16.0 Å². The maximum absolute atomic E-state index is 12.0. The minimum atomic E-state index is -0.330. The van der Waals surface area contributed by atoms with E-state index in [2.05, 4.69) is 38.5 Å². The Labute approximate surface area is 164 Å². The fraction of sp³-hybridized carbons (Fsp3) is 0.0526. The first-order valence-electron chi connectivity index (χ1n) is 7.84. The van der Waals surface area contributed by atoms with Crippen LogP contribution in [0.3, 0.4) is 0 Å². The average Bonchev–Trinajstić information content (AvgIpc) is 3.17. The molecule has 0 spiro atoms. The molecule has 0 saturated heterocycles. The first-order chi connectivity index (χ1) is 12.6. The predicted molar refractivity (Wildman–Crippen MR) is 109 cm³/mol. The first kappa shape index (κ1) is 18.0. The van der Waals surface area contributed by atoms with E-state index in [4.69, 9.17) is 4.42 Å². The number of rotatable bonds is 6. The highest BCUT2D eigenvalue weighted by Gasteiger charge is 2.09. The summed E-state index contributed by atoms with van der Waals surface area (Å²) in [4.78, 5) is 24.0. The van der Waals surface area contributed by atoms with Crippen LogP contribution in [0.5, 0.6) is 0 Å². The molecule has 0 aliphatic heterocycles. The summed E-state index contributed by atoms with van der Waals surface area (Å²) in [6.45, 7) is 0.113. The van der Waals surface area contributed by atoms with E-state index in [9.17, 15) is 9.59 Å². The molecule has 0 saturated carbocycles. The highest BCUT2D eigenvalue weighted by molar-refractivity contribution is 14.1. The molecular weight excluding hydrogens is 445 g/mol. The fourth-order valence-corrected chi connectivity index (χ4v) is 2.59. The van der Waals surface area contributed by atoms with Gasteiger partial charge in [-0.2, -0.15) is 0 Å². The Morgan fingerprint density at radius 1 is 0.885 bits per heavy atom. The van der Waals surface area contributed by atoms with Gasteiger partial charge in [0.05, 0.1) is 12.8 Å². The zero-order valence-corrected chi connectivity index (χ0v) is 15.8. The van der Waals surface area contributed by atoms with E-state index in [1.165, 1.54) is 6.26 Å². The van der Waals surface area contributed by atoms with Crippen molar-refractivity contribution in [3.05, 3.63) is 76.3 Å². The van der Waals surface area contributed by atoms with Gasteiger partial charge >= 0.3 is 0 Å². The largest absolute Gasteiger partial charge is 0.459 e. The quantitative estimate of drug-likeness (QED) is 0.481. The lowest BCUT2D eigenvalue weighted by atomic mass is 10.2. The Kier molecular flexibility index (Phi) is 5.90. The monoisotopic (exact) mass is 461 g/mol. The average molecular weight is 461 g/mol. The lowest BCUT2D eigenvalue weighted by Crippen LogP contribution is -2.21. The summed E-state index contributed by atoms with van der Waals surface area (Å²) >= 11 is 2.21. The number of hydrogen-bond donors (Lipinski definition) is 3. The molecule has 6 nitrogen and oxygen atoms in total. The Morgan fingerprint density at radius 2 is 1.65 bits per heavy atom. The number of hydrogen-bond acceptors (Lipinski definition) is 4. The van der Waals surface area contributed by atoms with Crippen LogP contribution in [-0.4, -0.2) is 18.4 Å². The molecule has 0 atom stereocenters. The van der Waals surface area contributed by atoms with E-state index in [1.54, 1.807) is 30.3 Å². The van der Waals surface area contributed by atoms with E-state index in [0.29, 0.717) is 5.69 Å². The lowest BCUT2D eigenvalue weighted by molar-refractivity contribution is -0.114. The van der Waals surface area contributed by atoms with Crippen molar-refractivity contribution in [3.63, 3.8) is 0 Å². The summed E-state index contributed by atoms with van der Waals surface area (Å²) < 4.78 is 6.16. The molecule has 0 unspecified atom stereocenters. The van der Waals surface area contributed by atoms with E-state index >= 15 is 0 Å². The third-order valence-corrected chi connectivity index (χ3v) is 4.17. The molecule has 2 amide bonds. The predicted octanol–water partition coefficient (Wildman–Crippen LogP) is 4.19. The van der Waals surface area contributed by atoms with Crippen LogP contribution >= 0.6 is 22.6 Å². The normalized spacial score (nSPS) is 10.2. The standard InChI is InChI=1S/C19H16IN3O3/c20-13-6-8-14(9-7-13)22-18(24)12-21-15-3-1-4-16(11-15)23-19(25)17-5-2-10-26-17/h1-11,21H,12H2,(H,22,24)(H,23,25). The number of carbonyl (C=O) groups excluding carboxylic acids is 2. The maximum Gasteiger partial charge on any atom is 0.291 e. The molecule has 1 heterocycles. The van der Waals surface area contributed by atoms with Gasteiger partial charge in [-0.3, -0.25) is 9.59 Å². The fourth-order valence-electron chi connectivity index (χ4n) is 2.23.